The summed E-state index contributed by atoms with van der Waals surface area (Å²) in [5, 5.41) is 4.60. The molecule has 0 unspecified atom stereocenters. The van der Waals surface area contributed by atoms with Crippen molar-refractivity contribution in [2.75, 3.05) is 19.3 Å². The second-order valence-corrected chi connectivity index (χ2v) is 4.42. The zero-order chi connectivity index (χ0) is 9.80. The number of rotatable bonds is 2. The minimum atomic E-state index is 0.715. The topological polar surface area (TPSA) is 24.9 Å². The van der Waals surface area contributed by atoms with Gasteiger partial charge in [0.1, 0.15) is 0 Å². The normalized spacial score (nSPS) is 18.4. The van der Waals surface area contributed by atoms with Crippen LogP contribution in [0, 0.1) is 0 Å². The quantitative estimate of drug-likeness (QED) is 0.755. The van der Waals surface area contributed by atoms with Crippen molar-refractivity contribution in [3.05, 3.63) is 23.9 Å². The average Bonchev–Trinajstić information content (AvgIpc) is 2.30. The Kier molecular flexibility index (Phi) is 3.43. The Morgan fingerprint density at radius 1 is 1.43 bits per heavy atom. The summed E-state index contributed by atoms with van der Waals surface area (Å²) >= 11 is 1.76. The monoisotopic (exact) mass is 208 g/mol. The second kappa shape index (κ2) is 4.80. The van der Waals surface area contributed by atoms with Gasteiger partial charge in [-0.3, -0.25) is 0 Å². The van der Waals surface area contributed by atoms with Crippen LogP contribution < -0.4 is 5.32 Å². The summed E-state index contributed by atoms with van der Waals surface area (Å²) in [6, 6.07) is 4.28. The van der Waals surface area contributed by atoms with Crippen molar-refractivity contribution in [1.29, 1.82) is 0 Å². The smallest absolute Gasteiger partial charge is 0.0991 e. The third-order valence-electron chi connectivity index (χ3n) is 2.77. The molecule has 1 saturated heterocycles. The van der Waals surface area contributed by atoms with Crippen molar-refractivity contribution in [2.24, 2.45) is 0 Å². The standard InChI is InChI=1S/C11H16N2S/c1-14-11-10(3-2-6-13-11)9-4-7-12-8-5-9/h2-3,6,9,12H,4-5,7-8H2,1H3. The van der Waals surface area contributed by atoms with E-state index in [1.807, 2.05) is 6.20 Å². The molecule has 0 spiro atoms. The predicted octanol–water partition coefficient (Wildman–Crippen LogP) is 2.27. The van der Waals surface area contributed by atoms with Gasteiger partial charge in [-0.1, -0.05) is 6.07 Å². The van der Waals surface area contributed by atoms with Gasteiger partial charge in [0.25, 0.3) is 0 Å². The molecule has 1 aliphatic heterocycles. The van der Waals surface area contributed by atoms with Crippen molar-refractivity contribution >= 4 is 11.8 Å². The zero-order valence-electron chi connectivity index (χ0n) is 8.49. The molecule has 1 N–H and O–H groups in total. The molecule has 0 saturated carbocycles. The Bertz CT molecular complexity index is 295. The first-order chi connectivity index (χ1) is 6.92. The highest BCUT2D eigenvalue weighted by atomic mass is 32.2. The second-order valence-electron chi connectivity index (χ2n) is 3.63. The SMILES string of the molecule is CSc1ncccc1C1CCNCC1. The van der Waals surface area contributed by atoms with E-state index >= 15 is 0 Å². The Morgan fingerprint density at radius 2 is 2.21 bits per heavy atom. The fraction of sp³-hybridized carbons (Fsp3) is 0.545. The van der Waals surface area contributed by atoms with Gasteiger partial charge in [-0.15, -0.1) is 11.8 Å². The summed E-state index contributed by atoms with van der Waals surface area (Å²) in [7, 11) is 0. The van der Waals surface area contributed by atoms with Crippen LogP contribution in [-0.2, 0) is 0 Å². The predicted molar refractivity (Wildman–Crippen MR) is 60.9 cm³/mol. The minimum absolute atomic E-state index is 0.715. The number of nitrogens with one attached hydrogen (secondary N) is 1. The summed E-state index contributed by atoms with van der Waals surface area (Å²) in [5.41, 5.74) is 1.45. The van der Waals surface area contributed by atoms with Crippen LogP contribution in [0.4, 0.5) is 0 Å². The van der Waals surface area contributed by atoms with Crippen molar-refractivity contribution in [3.63, 3.8) is 0 Å². The van der Waals surface area contributed by atoms with Crippen molar-refractivity contribution < 1.29 is 0 Å². The molecule has 3 heteroatoms. The van der Waals surface area contributed by atoms with E-state index in [-0.39, 0.29) is 0 Å². The zero-order valence-corrected chi connectivity index (χ0v) is 9.31. The number of nitrogens with zero attached hydrogens (tertiary/aromatic N) is 1. The highest BCUT2D eigenvalue weighted by Gasteiger charge is 2.17. The van der Waals surface area contributed by atoms with Gasteiger partial charge in [0, 0.05) is 6.20 Å². The molecule has 0 amide bonds. The lowest BCUT2D eigenvalue weighted by Crippen LogP contribution is -2.26. The maximum atomic E-state index is 4.41. The number of piperidine rings is 1. The molecular weight excluding hydrogens is 192 g/mol. The molecule has 0 aliphatic carbocycles. The molecule has 1 aromatic heterocycles. The van der Waals surface area contributed by atoms with Gasteiger partial charge in [0.15, 0.2) is 0 Å². The summed E-state index contributed by atoms with van der Waals surface area (Å²) in [5.74, 6) is 0.715. The van der Waals surface area contributed by atoms with E-state index in [9.17, 15) is 0 Å². The summed E-state index contributed by atoms with van der Waals surface area (Å²) in [6.45, 7) is 2.29. The lowest BCUT2D eigenvalue weighted by atomic mass is 9.91. The third-order valence-corrected chi connectivity index (χ3v) is 3.50. The van der Waals surface area contributed by atoms with Crippen molar-refractivity contribution in [2.45, 2.75) is 23.8 Å². The highest BCUT2D eigenvalue weighted by Crippen LogP contribution is 2.30. The molecule has 0 aromatic carbocycles. The molecule has 2 rings (SSSR count). The van der Waals surface area contributed by atoms with Crippen molar-refractivity contribution in [1.82, 2.24) is 10.3 Å². The van der Waals surface area contributed by atoms with E-state index < -0.39 is 0 Å². The number of hydrogen-bond donors (Lipinski definition) is 1. The van der Waals surface area contributed by atoms with Crippen LogP contribution in [0.5, 0.6) is 0 Å². The Balaban J connectivity index is 2.20. The molecule has 14 heavy (non-hydrogen) atoms. The Labute approximate surface area is 89.5 Å². The lowest BCUT2D eigenvalue weighted by molar-refractivity contribution is 0.454. The first kappa shape index (κ1) is 9.99. The van der Waals surface area contributed by atoms with Crippen LogP contribution in [0.15, 0.2) is 23.4 Å². The third kappa shape index (κ3) is 2.10. The van der Waals surface area contributed by atoms with Gasteiger partial charge in [-0.2, -0.15) is 0 Å². The van der Waals surface area contributed by atoms with Crippen LogP contribution in [-0.4, -0.2) is 24.3 Å². The van der Waals surface area contributed by atoms with E-state index in [1.54, 1.807) is 11.8 Å². The number of thioether (sulfide) groups is 1. The summed E-state index contributed by atoms with van der Waals surface area (Å²) in [4.78, 5) is 4.41. The first-order valence-corrected chi connectivity index (χ1v) is 6.34. The molecule has 0 atom stereocenters. The van der Waals surface area contributed by atoms with Crippen molar-refractivity contribution in [3.8, 4) is 0 Å². The van der Waals surface area contributed by atoms with E-state index in [1.165, 1.54) is 23.4 Å². The van der Waals surface area contributed by atoms with Crippen LogP contribution in [0.1, 0.15) is 24.3 Å². The Morgan fingerprint density at radius 3 is 2.93 bits per heavy atom. The lowest BCUT2D eigenvalue weighted by Gasteiger charge is -2.23. The van der Waals surface area contributed by atoms with Crippen LogP contribution in [0.2, 0.25) is 0 Å². The molecule has 0 radical (unpaired) electrons. The maximum Gasteiger partial charge on any atom is 0.0991 e. The number of aromatic nitrogens is 1. The molecule has 2 heterocycles. The fourth-order valence-electron chi connectivity index (χ4n) is 2.02. The maximum absolute atomic E-state index is 4.41. The summed E-state index contributed by atoms with van der Waals surface area (Å²) < 4.78 is 0. The fourth-order valence-corrected chi connectivity index (χ4v) is 2.65. The van der Waals surface area contributed by atoms with E-state index in [2.05, 4.69) is 28.7 Å². The number of pyridine rings is 1. The molecule has 2 nitrogen and oxygen atoms in total. The van der Waals surface area contributed by atoms with Crippen LogP contribution in [0.3, 0.4) is 0 Å². The Hall–Kier alpha value is -0.540. The van der Waals surface area contributed by atoms with E-state index in [4.69, 9.17) is 0 Å². The highest BCUT2D eigenvalue weighted by molar-refractivity contribution is 7.98. The van der Waals surface area contributed by atoms with E-state index in [0.717, 1.165) is 13.1 Å². The molecule has 0 bridgehead atoms. The van der Waals surface area contributed by atoms with Gasteiger partial charge in [-0.25, -0.2) is 4.98 Å². The molecule has 76 valence electrons. The van der Waals surface area contributed by atoms with Gasteiger partial charge < -0.3 is 5.32 Å². The van der Waals surface area contributed by atoms with Crippen LogP contribution >= 0.6 is 11.8 Å². The minimum Gasteiger partial charge on any atom is -0.317 e. The van der Waals surface area contributed by atoms with E-state index in [0.29, 0.717) is 5.92 Å². The van der Waals surface area contributed by atoms with Gasteiger partial charge in [0.2, 0.25) is 0 Å². The molecule has 1 aromatic rings. The largest absolute Gasteiger partial charge is 0.317 e. The number of hydrogen-bond acceptors (Lipinski definition) is 3. The van der Waals surface area contributed by atoms with Gasteiger partial charge in [-0.05, 0) is 49.7 Å². The van der Waals surface area contributed by atoms with Crippen LogP contribution in [0.25, 0.3) is 0 Å². The first-order valence-electron chi connectivity index (χ1n) is 5.11. The summed E-state index contributed by atoms with van der Waals surface area (Å²) in [6.07, 6.45) is 6.49. The molecule has 1 fully saturated rings. The van der Waals surface area contributed by atoms with Gasteiger partial charge >= 0.3 is 0 Å². The average molecular weight is 208 g/mol. The molecule has 1 aliphatic rings. The van der Waals surface area contributed by atoms with Gasteiger partial charge in [0.05, 0.1) is 5.03 Å². The molecular formula is C11H16N2S.